The normalized spacial score (nSPS) is 16.4. The van der Waals surface area contributed by atoms with E-state index in [9.17, 15) is 4.79 Å². The molecule has 1 aromatic heterocycles. The van der Waals surface area contributed by atoms with Crippen LogP contribution in [0.5, 0.6) is 0 Å². The Morgan fingerprint density at radius 3 is 2.45 bits per heavy atom. The van der Waals surface area contributed by atoms with Crippen molar-refractivity contribution >= 4 is 21.7 Å². The second kappa shape index (κ2) is 5.49. The maximum absolute atomic E-state index is 12.8. The molecule has 2 aromatic rings. The van der Waals surface area contributed by atoms with Crippen molar-refractivity contribution in [3.63, 3.8) is 0 Å². The van der Waals surface area contributed by atoms with Crippen LogP contribution in [0.15, 0.2) is 53.1 Å². The number of rotatable bonds is 4. The standard InChI is InChI=1S/C17H16BrNO/c18-14-7-8-15(19-12-14)11-16(20)17(9-4-10-17)13-5-2-1-3-6-13/h1-3,5-8,12H,4,9-11H2. The lowest BCUT2D eigenvalue weighted by Crippen LogP contribution is -2.43. The van der Waals surface area contributed by atoms with Crippen molar-refractivity contribution in [1.29, 1.82) is 0 Å². The van der Waals surface area contributed by atoms with Gasteiger partial charge < -0.3 is 0 Å². The highest BCUT2D eigenvalue weighted by Gasteiger charge is 2.44. The Morgan fingerprint density at radius 2 is 1.90 bits per heavy atom. The number of benzene rings is 1. The van der Waals surface area contributed by atoms with Crippen LogP contribution in [0.25, 0.3) is 0 Å². The molecule has 0 unspecified atom stereocenters. The number of ketones is 1. The monoisotopic (exact) mass is 329 g/mol. The van der Waals surface area contributed by atoms with E-state index >= 15 is 0 Å². The molecule has 1 aromatic carbocycles. The first-order chi connectivity index (χ1) is 9.71. The van der Waals surface area contributed by atoms with Gasteiger partial charge in [-0.1, -0.05) is 36.8 Å². The smallest absolute Gasteiger partial charge is 0.149 e. The summed E-state index contributed by atoms with van der Waals surface area (Å²) in [4.78, 5) is 17.1. The van der Waals surface area contributed by atoms with E-state index in [1.54, 1.807) is 6.20 Å². The van der Waals surface area contributed by atoms with Crippen molar-refractivity contribution in [3.8, 4) is 0 Å². The van der Waals surface area contributed by atoms with Crippen LogP contribution in [0.4, 0.5) is 0 Å². The van der Waals surface area contributed by atoms with Gasteiger partial charge in [0.05, 0.1) is 5.41 Å². The molecule has 0 bridgehead atoms. The van der Waals surface area contributed by atoms with Gasteiger partial charge in [0, 0.05) is 22.8 Å². The second-order valence-corrected chi connectivity index (χ2v) is 6.29. The Bertz CT molecular complexity index is 603. The minimum absolute atomic E-state index is 0.268. The SMILES string of the molecule is O=C(Cc1ccc(Br)cn1)C1(c2ccccc2)CCC1. The van der Waals surface area contributed by atoms with Crippen molar-refractivity contribution in [3.05, 3.63) is 64.4 Å². The summed E-state index contributed by atoms with van der Waals surface area (Å²) in [6.07, 6.45) is 5.23. The number of Topliss-reactive ketones (excluding diaryl/α,β-unsaturated/α-hetero) is 1. The topological polar surface area (TPSA) is 30.0 Å². The average molecular weight is 330 g/mol. The van der Waals surface area contributed by atoms with E-state index in [1.165, 1.54) is 0 Å². The van der Waals surface area contributed by atoms with Gasteiger partial charge in [0.1, 0.15) is 5.78 Å². The summed E-state index contributed by atoms with van der Waals surface area (Å²) < 4.78 is 0.940. The number of carbonyl (C=O) groups excluding carboxylic acids is 1. The molecule has 0 aliphatic heterocycles. The Morgan fingerprint density at radius 1 is 1.15 bits per heavy atom. The fourth-order valence-corrected chi connectivity index (χ4v) is 3.10. The zero-order chi connectivity index (χ0) is 14.0. The van der Waals surface area contributed by atoms with Crippen LogP contribution in [-0.4, -0.2) is 10.8 Å². The van der Waals surface area contributed by atoms with E-state index < -0.39 is 0 Å². The van der Waals surface area contributed by atoms with Gasteiger partial charge in [0.2, 0.25) is 0 Å². The van der Waals surface area contributed by atoms with Gasteiger partial charge in [-0.25, -0.2) is 0 Å². The van der Waals surface area contributed by atoms with E-state index in [0.717, 1.165) is 35.0 Å². The maximum Gasteiger partial charge on any atom is 0.149 e. The van der Waals surface area contributed by atoms with Crippen molar-refractivity contribution in [2.75, 3.05) is 0 Å². The predicted molar refractivity (Wildman–Crippen MR) is 82.6 cm³/mol. The van der Waals surface area contributed by atoms with Crippen LogP contribution in [0, 0.1) is 0 Å². The van der Waals surface area contributed by atoms with Gasteiger partial charge in [0.25, 0.3) is 0 Å². The molecule has 20 heavy (non-hydrogen) atoms. The zero-order valence-corrected chi connectivity index (χ0v) is 12.8. The Kier molecular flexibility index (Phi) is 3.70. The summed E-state index contributed by atoms with van der Waals surface area (Å²) in [6.45, 7) is 0. The Balaban J connectivity index is 1.83. The summed E-state index contributed by atoms with van der Waals surface area (Å²) in [5.41, 5.74) is 1.74. The first kappa shape index (κ1) is 13.5. The number of carbonyl (C=O) groups is 1. The van der Waals surface area contributed by atoms with Crippen LogP contribution < -0.4 is 0 Å². The van der Waals surface area contributed by atoms with Crippen molar-refractivity contribution in [2.24, 2.45) is 0 Å². The van der Waals surface area contributed by atoms with E-state index in [2.05, 4.69) is 33.0 Å². The van der Waals surface area contributed by atoms with Crippen LogP contribution >= 0.6 is 15.9 Å². The minimum Gasteiger partial charge on any atom is -0.298 e. The highest BCUT2D eigenvalue weighted by atomic mass is 79.9. The average Bonchev–Trinajstić information content (AvgIpc) is 2.41. The summed E-state index contributed by atoms with van der Waals surface area (Å²) in [7, 11) is 0. The third-order valence-corrected chi connectivity index (χ3v) is 4.67. The summed E-state index contributed by atoms with van der Waals surface area (Å²) >= 11 is 3.37. The van der Waals surface area contributed by atoms with E-state index in [1.807, 2.05) is 30.3 Å². The number of pyridine rings is 1. The van der Waals surface area contributed by atoms with Gasteiger partial charge >= 0.3 is 0 Å². The first-order valence-electron chi connectivity index (χ1n) is 6.90. The highest BCUT2D eigenvalue weighted by molar-refractivity contribution is 9.10. The minimum atomic E-state index is -0.268. The van der Waals surface area contributed by atoms with Crippen LogP contribution in [0.3, 0.4) is 0 Å². The van der Waals surface area contributed by atoms with Crippen LogP contribution in [-0.2, 0) is 16.6 Å². The molecule has 0 spiro atoms. The Labute approximate surface area is 127 Å². The molecule has 3 heteroatoms. The quantitative estimate of drug-likeness (QED) is 0.846. The fraction of sp³-hybridized carbons (Fsp3) is 0.294. The molecule has 0 amide bonds. The molecule has 0 radical (unpaired) electrons. The molecular weight excluding hydrogens is 314 g/mol. The van der Waals surface area contributed by atoms with E-state index in [0.29, 0.717) is 12.2 Å². The molecule has 1 aliphatic rings. The lowest BCUT2D eigenvalue weighted by Gasteiger charge is -2.41. The predicted octanol–water partition coefficient (Wildman–Crippen LogP) is 4.08. The largest absolute Gasteiger partial charge is 0.298 e. The molecule has 1 aliphatic carbocycles. The third-order valence-electron chi connectivity index (χ3n) is 4.20. The number of nitrogens with zero attached hydrogens (tertiary/aromatic N) is 1. The lowest BCUT2D eigenvalue weighted by molar-refractivity contribution is -0.127. The summed E-state index contributed by atoms with van der Waals surface area (Å²) in [6, 6.07) is 14.0. The molecular formula is C17H16BrNO. The molecule has 0 saturated heterocycles. The van der Waals surface area contributed by atoms with Crippen molar-refractivity contribution in [1.82, 2.24) is 4.98 Å². The molecule has 2 nitrogen and oxygen atoms in total. The molecule has 102 valence electrons. The molecule has 0 N–H and O–H groups in total. The third kappa shape index (κ3) is 2.42. The lowest BCUT2D eigenvalue weighted by atomic mass is 9.61. The van der Waals surface area contributed by atoms with E-state index in [-0.39, 0.29) is 5.41 Å². The molecule has 1 heterocycles. The highest BCUT2D eigenvalue weighted by Crippen LogP contribution is 2.45. The maximum atomic E-state index is 12.8. The zero-order valence-electron chi connectivity index (χ0n) is 11.2. The number of halogens is 1. The van der Waals surface area contributed by atoms with Crippen molar-refractivity contribution in [2.45, 2.75) is 31.1 Å². The Hall–Kier alpha value is -1.48. The van der Waals surface area contributed by atoms with E-state index in [4.69, 9.17) is 0 Å². The van der Waals surface area contributed by atoms with Crippen LogP contribution in [0.2, 0.25) is 0 Å². The molecule has 1 saturated carbocycles. The van der Waals surface area contributed by atoms with Crippen molar-refractivity contribution < 1.29 is 4.79 Å². The van der Waals surface area contributed by atoms with Gasteiger partial charge in [-0.15, -0.1) is 0 Å². The van der Waals surface area contributed by atoms with Gasteiger partial charge in [-0.05, 0) is 46.5 Å². The van der Waals surface area contributed by atoms with Gasteiger partial charge in [0.15, 0.2) is 0 Å². The van der Waals surface area contributed by atoms with Crippen LogP contribution in [0.1, 0.15) is 30.5 Å². The van der Waals surface area contributed by atoms with Gasteiger partial charge in [-0.3, -0.25) is 9.78 Å². The molecule has 3 rings (SSSR count). The molecule has 1 fully saturated rings. The first-order valence-corrected chi connectivity index (χ1v) is 7.69. The number of hydrogen-bond acceptors (Lipinski definition) is 2. The fourth-order valence-electron chi connectivity index (χ4n) is 2.86. The molecule has 0 atom stereocenters. The summed E-state index contributed by atoms with van der Waals surface area (Å²) in [5, 5.41) is 0. The number of hydrogen-bond donors (Lipinski definition) is 0. The summed E-state index contributed by atoms with van der Waals surface area (Å²) in [5.74, 6) is 0.296. The number of aromatic nitrogens is 1. The van der Waals surface area contributed by atoms with Gasteiger partial charge in [-0.2, -0.15) is 0 Å². The second-order valence-electron chi connectivity index (χ2n) is 5.37.